The number of hydrogen-bond acceptors (Lipinski definition) is 7. The highest BCUT2D eigenvalue weighted by atomic mass is 16.5. The molecule has 0 heterocycles. The van der Waals surface area contributed by atoms with Gasteiger partial charge >= 0.3 is 17.9 Å². The number of carbonyl (C=O) groups is 3. The SMILES string of the molecule is COC(=O)[C@@H](N)Cc1ccccc1.O=C(O)[C@H](O)[C@@H](O)C(=O)O. The van der Waals surface area contributed by atoms with Crippen LogP contribution in [0.4, 0.5) is 0 Å². The number of carbonyl (C=O) groups excluding carboxylic acids is 1. The summed E-state index contributed by atoms with van der Waals surface area (Å²) in [5.41, 5.74) is 6.63. The van der Waals surface area contributed by atoms with E-state index in [2.05, 4.69) is 4.74 Å². The number of aliphatic hydroxyl groups is 2. The summed E-state index contributed by atoms with van der Waals surface area (Å²) in [5.74, 6) is -3.91. The van der Waals surface area contributed by atoms with Gasteiger partial charge in [0, 0.05) is 0 Å². The van der Waals surface area contributed by atoms with Gasteiger partial charge in [-0.1, -0.05) is 30.3 Å². The summed E-state index contributed by atoms with van der Waals surface area (Å²) in [6.07, 6.45) is -4.01. The third-order valence-corrected chi connectivity index (χ3v) is 2.61. The number of aliphatic carboxylic acids is 2. The van der Waals surface area contributed by atoms with Gasteiger partial charge in [0.1, 0.15) is 6.04 Å². The second-order valence-corrected chi connectivity index (χ2v) is 4.39. The van der Waals surface area contributed by atoms with Crippen LogP contribution in [0.2, 0.25) is 0 Å². The molecule has 0 unspecified atom stereocenters. The van der Waals surface area contributed by atoms with Crippen LogP contribution in [0, 0.1) is 0 Å². The highest BCUT2D eigenvalue weighted by molar-refractivity contribution is 5.83. The number of carboxylic acid groups (broad SMARTS) is 2. The summed E-state index contributed by atoms with van der Waals surface area (Å²) in [5, 5.41) is 32.5. The number of methoxy groups -OCH3 is 1. The van der Waals surface area contributed by atoms with E-state index in [4.69, 9.17) is 26.2 Å². The minimum Gasteiger partial charge on any atom is -0.479 e. The number of carboxylic acids is 2. The molecule has 0 radical (unpaired) electrons. The van der Waals surface area contributed by atoms with Crippen molar-refractivity contribution in [1.29, 1.82) is 0 Å². The van der Waals surface area contributed by atoms with E-state index in [9.17, 15) is 14.4 Å². The topological polar surface area (TPSA) is 167 Å². The first-order valence-electron chi connectivity index (χ1n) is 6.39. The zero-order chi connectivity index (χ0) is 18.0. The third kappa shape index (κ3) is 7.90. The lowest BCUT2D eigenvalue weighted by atomic mass is 10.1. The number of ether oxygens (including phenoxy) is 1. The monoisotopic (exact) mass is 329 g/mol. The van der Waals surface area contributed by atoms with Crippen molar-refractivity contribution in [1.82, 2.24) is 0 Å². The number of benzene rings is 1. The quantitative estimate of drug-likeness (QED) is 0.394. The van der Waals surface area contributed by atoms with Crippen LogP contribution in [0.25, 0.3) is 0 Å². The van der Waals surface area contributed by atoms with Gasteiger partial charge in [-0.3, -0.25) is 4.79 Å². The molecule has 1 rings (SSSR count). The first-order chi connectivity index (χ1) is 10.7. The zero-order valence-electron chi connectivity index (χ0n) is 12.3. The standard InChI is InChI=1S/C10H13NO2.C4H6O6/c1-13-10(12)9(11)7-8-5-3-2-4-6-8;5-1(3(7)8)2(6)4(9)10/h2-6,9H,7,11H2,1H3;1-2,5-6H,(H,7,8)(H,9,10)/t9-;1-,2-/m01/s1. The highest BCUT2D eigenvalue weighted by Crippen LogP contribution is 2.02. The summed E-state index contributed by atoms with van der Waals surface area (Å²) in [6.45, 7) is 0. The molecule has 0 bridgehead atoms. The molecule has 0 amide bonds. The molecular formula is C14H19NO8. The van der Waals surface area contributed by atoms with Crippen molar-refractivity contribution >= 4 is 17.9 Å². The Balaban J connectivity index is 0.000000438. The van der Waals surface area contributed by atoms with Crippen molar-refractivity contribution in [3.8, 4) is 0 Å². The van der Waals surface area contributed by atoms with E-state index in [1.54, 1.807) is 0 Å². The summed E-state index contributed by atoms with van der Waals surface area (Å²) in [4.78, 5) is 30.5. The lowest BCUT2D eigenvalue weighted by molar-refractivity contribution is -0.165. The molecule has 0 saturated heterocycles. The smallest absolute Gasteiger partial charge is 0.335 e. The van der Waals surface area contributed by atoms with Gasteiger partial charge in [0.05, 0.1) is 7.11 Å². The average molecular weight is 329 g/mol. The molecular weight excluding hydrogens is 310 g/mol. The minimum atomic E-state index is -2.27. The maximum absolute atomic E-state index is 11.0. The molecule has 128 valence electrons. The van der Waals surface area contributed by atoms with Crippen molar-refractivity contribution in [3.05, 3.63) is 35.9 Å². The van der Waals surface area contributed by atoms with Crippen molar-refractivity contribution in [2.45, 2.75) is 24.7 Å². The third-order valence-electron chi connectivity index (χ3n) is 2.61. The van der Waals surface area contributed by atoms with Crippen LogP contribution in [0.1, 0.15) is 5.56 Å². The second kappa shape index (κ2) is 10.3. The van der Waals surface area contributed by atoms with E-state index >= 15 is 0 Å². The van der Waals surface area contributed by atoms with E-state index in [-0.39, 0.29) is 5.97 Å². The molecule has 0 fully saturated rings. The molecule has 0 aliphatic heterocycles. The van der Waals surface area contributed by atoms with Crippen LogP contribution in [-0.4, -0.2) is 63.7 Å². The number of rotatable bonds is 6. The van der Waals surface area contributed by atoms with Gasteiger partial charge in [-0.05, 0) is 12.0 Å². The fourth-order valence-electron chi connectivity index (χ4n) is 1.37. The van der Waals surface area contributed by atoms with Crippen molar-refractivity contribution < 1.29 is 39.5 Å². The molecule has 9 nitrogen and oxygen atoms in total. The molecule has 3 atom stereocenters. The second-order valence-electron chi connectivity index (χ2n) is 4.39. The van der Waals surface area contributed by atoms with Gasteiger partial charge in [0.2, 0.25) is 0 Å². The maximum atomic E-state index is 11.0. The Morgan fingerprint density at radius 3 is 1.83 bits per heavy atom. The molecule has 0 aromatic heterocycles. The Bertz CT molecular complexity index is 501. The average Bonchev–Trinajstić information content (AvgIpc) is 2.53. The molecule has 1 aromatic rings. The minimum absolute atomic E-state index is 0.371. The fraction of sp³-hybridized carbons (Fsp3) is 0.357. The van der Waals surface area contributed by atoms with Gasteiger partial charge in [-0.15, -0.1) is 0 Å². The Morgan fingerprint density at radius 2 is 1.48 bits per heavy atom. The molecule has 23 heavy (non-hydrogen) atoms. The van der Waals surface area contributed by atoms with Crippen LogP contribution < -0.4 is 5.73 Å². The van der Waals surface area contributed by atoms with Crippen LogP contribution >= 0.6 is 0 Å². The summed E-state index contributed by atoms with van der Waals surface area (Å²) in [7, 11) is 1.34. The number of aliphatic hydroxyl groups excluding tert-OH is 2. The molecule has 0 saturated carbocycles. The maximum Gasteiger partial charge on any atom is 0.335 e. The Kier molecular flexibility index (Phi) is 9.16. The lowest BCUT2D eigenvalue weighted by Crippen LogP contribution is -2.39. The van der Waals surface area contributed by atoms with E-state index in [1.807, 2.05) is 30.3 Å². The van der Waals surface area contributed by atoms with E-state index < -0.39 is 30.2 Å². The first kappa shape index (κ1) is 20.5. The Labute approximate surface area is 131 Å². The molecule has 9 heteroatoms. The summed E-state index contributed by atoms with van der Waals surface area (Å²) in [6, 6.07) is 9.06. The first-order valence-corrected chi connectivity index (χ1v) is 6.39. The molecule has 0 spiro atoms. The van der Waals surface area contributed by atoms with E-state index in [0.717, 1.165) is 5.56 Å². The zero-order valence-corrected chi connectivity index (χ0v) is 12.3. The molecule has 0 aliphatic carbocycles. The summed E-state index contributed by atoms with van der Waals surface area (Å²) >= 11 is 0. The van der Waals surface area contributed by atoms with Crippen molar-refractivity contribution in [2.24, 2.45) is 5.73 Å². The lowest BCUT2D eigenvalue weighted by Gasteiger charge is -2.08. The van der Waals surface area contributed by atoms with Crippen LogP contribution in [0.3, 0.4) is 0 Å². The molecule has 1 aromatic carbocycles. The van der Waals surface area contributed by atoms with Crippen LogP contribution in [0.5, 0.6) is 0 Å². The Hall–Kier alpha value is -2.49. The number of hydrogen-bond donors (Lipinski definition) is 5. The van der Waals surface area contributed by atoms with Crippen LogP contribution in [0.15, 0.2) is 30.3 Å². The highest BCUT2D eigenvalue weighted by Gasteiger charge is 2.29. The van der Waals surface area contributed by atoms with Crippen molar-refractivity contribution in [3.63, 3.8) is 0 Å². The molecule has 6 N–H and O–H groups in total. The molecule has 0 aliphatic rings. The normalized spacial score (nSPS) is 13.7. The Morgan fingerprint density at radius 1 is 1.04 bits per heavy atom. The van der Waals surface area contributed by atoms with Gasteiger partial charge in [-0.2, -0.15) is 0 Å². The predicted octanol–water partition coefficient (Wildman–Crippen LogP) is -1.39. The van der Waals surface area contributed by atoms with Crippen molar-refractivity contribution in [2.75, 3.05) is 7.11 Å². The van der Waals surface area contributed by atoms with E-state index in [1.165, 1.54) is 7.11 Å². The number of nitrogens with two attached hydrogens (primary N) is 1. The largest absolute Gasteiger partial charge is 0.479 e. The van der Waals surface area contributed by atoms with Gasteiger partial charge < -0.3 is 30.9 Å². The van der Waals surface area contributed by atoms with E-state index in [0.29, 0.717) is 6.42 Å². The van der Waals surface area contributed by atoms with Crippen LogP contribution in [-0.2, 0) is 25.5 Å². The predicted molar refractivity (Wildman–Crippen MR) is 77.4 cm³/mol. The van der Waals surface area contributed by atoms with Gasteiger partial charge in [-0.25, -0.2) is 9.59 Å². The summed E-state index contributed by atoms with van der Waals surface area (Å²) < 4.78 is 4.52. The number of esters is 1. The van der Waals surface area contributed by atoms with Gasteiger partial charge in [0.25, 0.3) is 0 Å². The fourth-order valence-corrected chi connectivity index (χ4v) is 1.37. The van der Waals surface area contributed by atoms with Gasteiger partial charge in [0.15, 0.2) is 12.2 Å².